The van der Waals surface area contributed by atoms with Crippen LogP contribution >= 0.6 is 0 Å². The summed E-state index contributed by atoms with van der Waals surface area (Å²) in [7, 11) is 0. The van der Waals surface area contributed by atoms with Crippen molar-refractivity contribution in [3.63, 3.8) is 0 Å². The van der Waals surface area contributed by atoms with Crippen LogP contribution in [-0.2, 0) is 14.4 Å². The second-order valence-electron chi connectivity index (χ2n) is 10.8. The van der Waals surface area contributed by atoms with Crippen LogP contribution in [0, 0.1) is 5.92 Å². The Morgan fingerprint density at radius 3 is 2.52 bits per heavy atom. The van der Waals surface area contributed by atoms with Gasteiger partial charge in [0.1, 0.15) is 30.2 Å². The summed E-state index contributed by atoms with van der Waals surface area (Å²) in [5.41, 5.74) is 0.244. The van der Waals surface area contributed by atoms with Crippen LogP contribution < -0.4 is 25.4 Å². The largest absolute Gasteiger partial charge is 0.494 e. The van der Waals surface area contributed by atoms with E-state index in [2.05, 4.69) is 22.9 Å². The third kappa shape index (κ3) is 10.4. The first-order chi connectivity index (χ1) is 20.3. The quantitative estimate of drug-likeness (QED) is 0.350. The maximum atomic E-state index is 13.6. The molecule has 0 aromatic heterocycles. The van der Waals surface area contributed by atoms with Crippen LogP contribution in [0.1, 0.15) is 63.2 Å². The topological polar surface area (TPSA) is 126 Å². The lowest BCUT2D eigenvalue weighted by Crippen LogP contribution is -2.53. The van der Waals surface area contributed by atoms with Gasteiger partial charge in [-0.25, -0.2) is 0 Å². The number of nitrogens with zero attached hydrogens (tertiary/aromatic N) is 1. The summed E-state index contributed by atoms with van der Waals surface area (Å²) in [4.78, 5) is 55.1. The number of hydrogen-bond donors (Lipinski definition) is 3. The number of amides is 4. The number of benzene rings is 2. The normalized spacial score (nSPS) is 18.3. The molecule has 1 heterocycles. The van der Waals surface area contributed by atoms with Gasteiger partial charge in [-0.15, -0.1) is 0 Å². The Morgan fingerprint density at radius 1 is 1.05 bits per heavy atom. The van der Waals surface area contributed by atoms with Crippen molar-refractivity contribution < 1.29 is 28.7 Å². The molecule has 0 fully saturated rings. The zero-order valence-corrected chi connectivity index (χ0v) is 24.9. The minimum atomic E-state index is -1.16. The summed E-state index contributed by atoms with van der Waals surface area (Å²) in [6, 6.07) is 14.2. The van der Waals surface area contributed by atoms with Crippen LogP contribution in [0.2, 0.25) is 0 Å². The number of fused-ring (bicyclic) bond motifs is 1. The van der Waals surface area contributed by atoms with Gasteiger partial charge in [0.05, 0.1) is 25.1 Å². The Hall–Kier alpha value is -4.08. The van der Waals surface area contributed by atoms with Gasteiger partial charge in [0, 0.05) is 13.1 Å². The zero-order valence-electron chi connectivity index (χ0n) is 24.9. The van der Waals surface area contributed by atoms with Crippen LogP contribution in [-0.4, -0.2) is 73.5 Å². The van der Waals surface area contributed by atoms with E-state index in [1.807, 2.05) is 44.2 Å². The van der Waals surface area contributed by atoms with E-state index in [1.165, 1.54) is 0 Å². The van der Waals surface area contributed by atoms with Crippen LogP contribution in [0.15, 0.2) is 54.6 Å². The summed E-state index contributed by atoms with van der Waals surface area (Å²) in [5, 5.41) is 8.36. The second-order valence-corrected chi connectivity index (χ2v) is 10.8. The van der Waals surface area contributed by atoms with E-state index in [9.17, 15) is 19.2 Å². The van der Waals surface area contributed by atoms with Gasteiger partial charge in [-0.05, 0) is 49.4 Å². The molecule has 10 nitrogen and oxygen atoms in total. The van der Waals surface area contributed by atoms with Crippen molar-refractivity contribution in [3.05, 3.63) is 60.2 Å². The molecule has 0 radical (unpaired) electrons. The fraction of sp³-hybridized carbons (Fsp3) is 0.500. The van der Waals surface area contributed by atoms with Gasteiger partial charge in [0.2, 0.25) is 17.7 Å². The lowest BCUT2D eigenvalue weighted by Gasteiger charge is -2.30. The molecule has 0 saturated carbocycles. The van der Waals surface area contributed by atoms with Gasteiger partial charge in [-0.3, -0.25) is 19.2 Å². The van der Waals surface area contributed by atoms with Crippen LogP contribution in [0.25, 0.3) is 0 Å². The average molecular weight is 581 g/mol. The van der Waals surface area contributed by atoms with Crippen molar-refractivity contribution in [1.82, 2.24) is 20.9 Å². The maximum Gasteiger partial charge on any atom is 0.255 e. The number of hydrogen-bond acceptors (Lipinski definition) is 6. The number of rotatable bonds is 11. The minimum Gasteiger partial charge on any atom is -0.494 e. The smallest absolute Gasteiger partial charge is 0.255 e. The standard InChI is InChI=1S/C32H44N4O6/c1-4-5-17-36-18-20-42-28-15-10-9-14-25(28)30(38)35-26(22-29(37)34-27(32(36)40)21-23(2)3)31(39)33-16-11-19-41-24-12-7-6-8-13-24/h6-10,12-15,23,26-27H,4-5,11,16-22H2,1-3H3,(H,33,39)(H,34,37)(H,35,38)/t26-,27-/m0/s1. The molecule has 4 amide bonds. The molecule has 0 aliphatic carbocycles. The van der Waals surface area contributed by atoms with Crippen molar-refractivity contribution in [3.8, 4) is 11.5 Å². The van der Waals surface area contributed by atoms with Crippen LogP contribution in [0.3, 0.4) is 0 Å². The SMILES string of the molecule is CCCCN1CCOc2ccccc2C(=O)N[C@H](C(=O)NCCCOc2ccccc2)CC(=O)N[C@@H](CC(C)C)C1=O. The zero-order chi connectivity index (χ0) is 30.3. The molecule has 0 unspecified atom stereocenters. The molecule has 228 valence electrons. The van der Waals surface area contributed by atoms with Crippen LogP contribution in [0.5, 0.6) is 11.5 Å². The van der Waals surface area contributed by atoms with Gasteiger partial charge >= 0.3 is 0 Å². The number of nitrogens with one attached hydrogen (secondary N) is 3. The van der Waals surface area contributed by atoms with E-state index in [0.29, 0.717) is 44.8 Å². The van der Waals surface area contributed by atoms with E-state index < -0.39 is 29.8 Å². The fourth-order valence-electron chi connectivity index (χ4n) is 4.64. The number of unbranched alkanes of at least 4 members (excludes halogenated alkanes) is 1. The lowest BCUT2D eigenvalue weighted by molar-refractivity contribution is -0.137. The third-order valence-electron chi connectivity index (χ3n) is 6.83. The number of carbonyl (C=O) groups is 4. The van der Waals surface area contributed by atoms with E-state index in [4.69, 9.17) is 9.47 Å². The molecule has 2 aromatic rings. The molecule has 1 aliphatic heterocycles. The molecule has 3 rings (SSSR count). The van der Waals surface area contributed by atoms with Crippen molar-refractivity contribution in [2.24, 2.45) is 5.92 Å². The van der Waals surface area contributed by atoms with E-state index in [0.717, 1.165) is 18.6 Å². The average Bonchev–Trinajstić information content (AvgIpc) is 2.97. The summed E-state index contributed by atoms with van der Waals surface area (Å²) in [6.45, 7) is 7.73. The van der Waals surface area contributed by atoms with Crippen molar-refractivity contribution >= 4 is 23.6 Å². The molecule has 2 atom stereocenters. The molecule has 0 saturated heterocycles. The summed E-state index contributed by atoms with van der Waals surface area (Å²) >= 11 is 0. The Bertz CT molecular complexity index is 1170. The van der Waals surface area contributed by atoms with E-state index in [1.54, 1.807) is 29.2 Å². The Balaban J connectivity index is 1.77. The highest BCUT2D eigenvalue weighted by Gasteiger charge is 2.31. The van der Waals surface area contributed by atoms with Crippen molar-refractivity contribution in [1.29, 1.82) is 0 Å². The predicted octanol–water partition coefficient (Wildman–Crippen LogP) is 3.31. The molecular weight excluding hydrogens is 536 g/mol. The first-order valence-corrected chi connectivity index (χ1v) is 14.8. The van der Waals surface area contributed by atoms with E-state index in [-0.39, 0.29) is 30.4 Å². The first-order valence-electron chi connectivity index (χ1n) is 14.8. The molecule has 3 N–H and O–H groups in total. The monoisotopic (exact) mass is 580 g/mol. The number of ether oxygens (including phenoxy) is 2. The molecule has 0 bridgehead atoms. The second kappa shape index (κ2) is 17.0. The van der Waals surface area contributed by atoms with Crippen molar-refractivity contribution in [2.75, 3.05) is 32.8 Å². The van der Waals surface area contributed by atoms with Gasteiger partial charge in [-0.1, -0.05) is 57.5 Å². The minimum absolute atomic E-state index is 0.145. The van der Waals surface area contributed by atoms with E-state index >= 15 is 0 Å². The number of para-hydroxylation sites is 2. The van der Waals surface area contributed by atoms with Gasteiger partial charge in [-0.2, -0.15) is 0 Å². The van der Waals surface area contributed by atoms with Crippen LogP contribution in [0.4, 0.5) is 0 Å². The summed E-state index contributed by atoms with van der Waals surface area (Å²) in [6.07, 6.45) is 2.37. The molecular formula is C32H44N4O6. The highest BCUT2D eigenvalue weighted by Crippen LogP contribution is 2.19. The van der Waals surface area contributed by atoms with Gasteiger partial charge in [0.25, 0.3) is 5.91 Å². The Morgan fingerprint density at radius 2 is 1.79 bits per heavy atom. The molecule has 10 heteroatoms. The van der Waals surface area contributed by atoms with Crippen molar-refractivity contribution in [2.45, 2.75) is 65.0 Å². The predicted molar refractivity (Wildman–Crippen MR) is 160 cm³/mol. The van der Waals surface area contributed by atoms with Gasteiger partial charge < -0.3 is 30.3 Å². The summed E-state index contributed by atoms with van der Waals surface area (Å²) < 4.78 is 11.6. The first kappa shape index (κ1) is 32.4. The molecule has 42 heavy (non-hydrogen) atoms. The third-order valence-corrected chi connectivity index (χ3v) is 6.83. The highest BCUT2D eigenvalue weighted by molar-refractivity contribution is 6.01. The Kier molecular flexibility index (Phi) is 13.1. The number of carbonyl (C=O) groups excluding carboxylic acids is 4. The fourth-order valence-corrected chi connectivity index (χ4v) is 4.64. The lowest BCUT2D eigenvalue weighted by atomic mass is 10.0. The molecule has 0 spiro atoms. The molecule has 1 aliphatic rings. The van der Waals surface area contributed by atoms with Gasteiger partial charge in [0.15, 0.2) is 0 Å². The Labute approximate surface area is 248 Å². The maximum absolute atomic E-state index is 13.6. The summed E-state index contributed by atoms with van der Waals surface area (Å²) in [5.74, 6) is -0.470. The highest BCUT2D eigenvalue weighted by atomic mass is 16.5. The molecule has 2 aromatic carbocycles.